The molecule has 0 aliphatic heterocycles. The summed E-state index contributed by atoms with van der Waals surface area (Å²) in [4.78, 5) is 26.2. The van der Waals surface area contributed by atoms with Crippen LogP contribution in [0.3, 0.4) is 0 Å². The maximum absolute atomic E-state index is 12.5. The van der Waals surface area contributed by atoms with Crippen LogP contribution in [0.5, 0.6) is 11.5 Å². The number of aromatic hydroxyl groups is 1. The Morgan fingerprint density at radius 1 is 1.37 bits per heavy atom. The number of pyridine rings is 1. The number of carboxylic acid groups (broad SMARTS) is 1. The van der Waals surface area contributed by atoms with E-state index in [1.54, 1.807) is 0 Å². The van der Waals surface area contributed by atoms with Gasteiger partial charge in [-0.15, -0.1) is 0 Å². The van der Waals surface area contributed by atoms with Crippen molar-refractivity contribution >= 4 is 17.1 Å². The first-order valence-corrected chi connectivity index (χ1v) is 10.0. The summed E-state index contributed by atoms with van der Waals surface area (Å²) in [6.45, 7) is 5.65. The van der Waals surface area contributed by atoms with Gasteiger partial charge in [-0.1, -0.05) is 13.8 Å². The summed E-state index contributed by atoms with van der Waals surface area (Å²) in [7, 11) is 2.04. The van der Waals surface area contributed by atoms with Gasteiger partial charge in [-0.05, 0) is 49.1 Å². The summed E-state index contributed by atoms with van der Waals surface area (Å²) in [5, 5.41) is 24.0. The topological polar surface area (TPSA) is 117 Å². The third kappa shape index (κ3) is 3.23. The molecule has 4 N–H and O–H groups in total. The second-order valence-electron chi connectivity index (χ2n) is 7.77. The van der Waals surface area contributed by atoms with E-state index >= 15 is 0 Å². The first-order valence-electron chi connectivity index (χ1n) is 10.0. The molecule has 0 saturated carbocycles. The molecule has 4 rings (SSSR count). The Bertz CT molecular complexity index is 1210. The minimum absolute atomic E-state index is 0.0900. The third-order valence-electron chi connectivity index (χ3n) is 5.91. The number of hydrogen-bond acceptors (Lipinski definition) is 5. The Balaban J connectivity index is 1.94. The van der Waals surface area contributed by atoms with Crippen LogP contribution in [0, 0.1) is 0 Å². The van der Waals surface area contributed by atoms with Crippen LogP contribution in [0.4, 0.5) is 4.79 Å². The Hall–Kier alpha value is -3.26. The number of ether oxygens (including phenoxy) is 1. The Morgan fingerprint density at radius 2 is 2.13 bits per heavy atom. The lowest BCUT2D eigenvalue weighted by molar-refractivity contribution is 0.142. The predicted molar refractivity (Wildman–Crippen MR) is 113 cm³/mol. The number of carbonyl (C=O) groups is 1. The van der Waals surface area contributed by atoms with E-state index in [0.717, 1.165) is 53.7 Å². The van der Waals surface area contributed by atoms with Gasteiger partial charge >= 0.3 is 6.16 Å². The fourth-order valence-electron chi connectivity index (χ4n) is 4.32. The molecule has 0 fully saturated rings. The smallest absolute Gasteiger partial charge is 0.504 e. The molecule has 2 aromatic heterocycles. The van der Waals surface area contributed by atoms with Gasteiger partial charge in [0.15, 0.2) is 5.75 Å². The maximum Gasteiger partial charge on any atom is 0.511 e. The van der Waals surface area contributed by atoms with E-state index in [1.807, 2.05) is 20.0 Å². The number of nitrogens with one attached hydrogen (secondary N) is 2. The second kappa shape index (κ2) is 7.53. The SMILES string of the molecule is CCNCc1cc2cc3c(cc2n1C)CCC(C)c1c-3[nH]c(=O)c(OC(=O)O)c1O. The van der Waals surface area contributed by atoms with Crippen molar-refractivity contribution in [3.05, 3.63) is 45.4 Å². The van der Waals surface area contributed by atoms with Gasteiger partial charge in [0.2, 0.25) is 5.75 Å². The van der Waals surface area contributed by atoms with E-state index in [4.69, 9.17) is 5.11 Å². The van der Waals surface area contributed by atoms with Crippen LogP contribution < -0.4 is 15.6 Å². The van der Waals surface area contributed by atoms with Crippen LogP contribution in [-0.4, -0.2) is 32.5 Å². The molecule has 8 heteroatoms. The van der Waals surface area contributed by atoms with Crippen molar-refractivity contribution in [2.24, 2.45) is 7.05 Å². The van der Waals surface area contributed by atoms with Crippen molar-refractivity contribution in [1.29, 1.82) is 0 Å². The molecule has 30 heavy (non-hydrogen) atoms. The van der Waals surface area contributed by atoms with Crippen molar-refractivity contribution in [2.45, 2.75) is 39.2 Å². The zero-order chi connectivity index (χ0) is 21.6. The molecule has 0 amide bonds. The normalized spacial score (nSPS) is 15.5. The zero-order valence-corrected chi connectivity index (χ0v) is 17.2. The maximum atomic E-state index is 12.5. The highest BCUT2D eigenvalue weighted by atomic mass is 16.7. The summed E-state index contributed by atoms with van der Waals surface area (Å²) < 4.78 is 6.72. The minimum atomic E-state index is -1.64. The number of fused-ring (bicyclic) bond motifs is 4. The number of hydrogen-bond donors (Lipinski definition) is 4. The number of rotatable bonds is 4. The largest absolute Gasteiger partial charge is 0.511 e. The summed E-state index contributed by atoms with van der Waals surface area (Å²) in [5.74, 6) is -1.07. The van der Waals surface area contributed by atoms with E-state index in [1.165, 1.54) is 0 Å². The van der Waals surface area contributed by atoms with E-state index in [9.17, 15) is 14.7 Å². The first kappa shape index (κ1) is 20.0. The molecule has 3 aromatic rings. The van der Waals surface area contributed by atoms with Gasteiger partial charge in [-0.3, -0.25) is 4.79 Å². The highest BCUT2D eigenvalue weighted by Crippen LogP contribution is 2.44. The lowest BCUT2D eigenvalue weighted by atomic mass is 9.95. The Kier molecular flexibility index (Phi) is 5.03. The Morgan fingerprint density at radius 3 is 2.83 bits per heavy atom. The van der Waals surface area contributed by atoms with Gasteiger partial charge in [-0.25, -0.2) is 4.79 Å². The number of H-pyrrole nitrogens is 1. The minimum Gasteiger partial charge on any atom is -0.504 e. The van der Waals surface area contributed by atoms with Crippen LogP contribution in [0.2, 0.25) is 0 Å². The quantitative estimate of drug-likeness (QED) is 0.489. The van der Waals surface area contributed by atoms with Crippen LogP contribution in [0.25, 0.3) is 22.2 Å². The molecule has 2 heterocycles. The second-order valence-corrected chi connectivity index (χ2v) is 7.77. The fourth-order valence-corrected chi connectivity index (χ4v) is 4.32. The summed E-state index contributed by atoms with van der Waals surface area (Å²) in [5.41, 5.74) is 4.44. The number of aromatic nitrogens is 2. The molecule has 1 unspecified atom stereocenters. The van der Waals surface area contributed by atoms with E-state index in [0.29, 0.717) is 11.3 Å². The van der Waals surface area contributed by atoms with Gasteiger partial charge in [0.25, 0.3) is 5.56 Å². The molecular weight excluding hydrogens is 386 g/mol. The molecule has 0 spiro atoms. The van der Waals surface area contributed by atoms with Gasteiger partial charge in [0.05, 0.1) is 5.69 Å². The molecule has 1 aliphatic rings. The monoisotopic (exact) mass is 411 g/mol. The number of aromatic amines is 1. The molecule has 0 saturated heterocycles. The number of aryl methyl sites for hydroxylation is 2. The summed E-state index contributed by atoms with van der Waals surface area (Å²) >= 11 is 0. The van der Waals surface area contributed by atoms with Crippen molar-refractivity contribution in [3.63, 3.8) is 0 Å². The van der Waals surface area contributed by atoms with Crippen molar-refractivity contribution in [1.82, 2.24) is 14.9 Å². The zero-order valence-electron chi connectivity index (χ0n) is 17.2. The molecule has 0 radical (unpaired) electrons. The Labute approximate surface area is 173 Å². The molecule has 1 aliphatic carbocycles. The first-order chi connectivity index (χ1) is 14.3. The highest BCUT2D eigenvalue weighted by molar-refractivity contribution is 5.89. The third-order valence-corrected chi connectivity index (χ3v) is 5.91. The van der Waals surface area contributed by atoms with Crippen LogP contribution in [0.15, 0.2) is 23.0 Å². The predicted octanol–water partition coefficient (Wildman–Crippen LogP) is 3.46. The van der Waals surface area contributed by atoms with Gasteiger partial charge in [0.1, 0.15) is 0 Å². The van der Waals surface area contributed by atoms with Gasteiger partial charge in [0, 0.05) is 41.3 Å². The standard InChI is InChI=1S/C22H25N3O5/c1-4-23-10-14-7-13-8-15-12(9-16(13)25(14)3)6-5-11(2)17-18(15)24-21(27)20(19(17)26)30-22(28)29/h7-9,11,23H,4-6,10H2,1-3H3,(H,28,29)(H2,24,26,27). The van der Waals surface area contributed by atoms with Crippen molar-refractivity contribution in [3.8, 4) is 22.8 Å². The van der Waals surface area contributed by atoms with E-state index < -0.39 is 23.2 Å². The van der Waals surface area contributed by atoms with Crippen molar-refractivity contribution < 1.29 is 19.7 Å². The number of nitrogens with zero attached hydrogens (tertiary/aromatic N) is 1. The van der Waals surface area contributed by atoms with Crippen LogP contribution >= 0.6 is 0 Å². The molecule has 0 bridgehead atoms. The molecular formula is C22H25N3O5. The number of benzene rings is 1. The molecule has 8 nitrogen and oxygen atoms in total. The average molecular weight is 411 g/mol. The van der Waals surface area contributed by atoms with E-state index in [2.05, 4.69) is 38.7 Å². The lowest BCUT2D eigenvalue weighted by Crippen LogP contribution is -2.17. The van der Waals surface area contributed by atoms with Crippen LogP contribution in [-0.2, 0) is 20.0 Å². The summed E-state index contributed by atoms with van der Waals surface area (Å²) in [6, 6.07) is 6.29. The highest BCUT2D eigenvalue weighted by Gasteiger charge is 2.28. The molecule has 1 aromatic carbocycles. The van der Waals surface area contributed by atoms with Crippen molar-refractivity contribution in [2.75, 3.05) is 6.54 Å². The van der Waals surface area contributed by atoms with E-state index in [-0.39, 0.29) is 5.92 Å². The molecule has 1 atom stereocenters. The summed E-state index contributed by atoms with van der Waals surface area (Å²) in [6.07, 6.45) is -0.130. The lowest BCUT2D eigenvalue weighted by Gasteiger charge is -2.16. The average Bonchev–Trinajstić information content (AvgIpc) is 2.93. The van der Waals surface area contributed by atoms with Crippen LogP contribution in [0.1, 0.15) is 43.0 Å². The van der Waals surface area contributed by atoms with Gasteiger partial charge in [-0.2, -0.15) is 0 Å². The van der Waals surface area contributed by atoms with Gasteiger partial charge < -0.3 is 29.8 Å². The fraction of sp³-hybridized carbons (Fsp3) is 0.364. The molecule has 158 valence electrons.